The third-order valence-electron chi connectivity index (χ3n) is 4.58. The van der Waals surface area contributed by atoms with Crippen LogP contribution in [0.4, 0.5) is 0 Å². The number of fused-ring (bicyclic) bond motifs is 1. The zero-order valence-electron chi connectivity index (χ0n) is 16.0. The van der Waals surface area contributed by atoms with E-state index >= 15 is 0 Å². The average Bonchev–Trinajstić information content (AvgIpc) is 3.06. The van der Waals surface area contributed by atoms with E-state index in [2.05, 4.69) is 0 Å². The smallest absolute Gasteiger partial charge is 0.307 e. The number of rotatable bonds is 6. The minimum absolute atomic E-state index is 0.0276. The quantitative estimate of drug-likeness (QED) is 0.348. The minimum Gasteiger partial charge on any atom is -0.497 e. The Morgan fingerprint density at radius 2 is 1.97 bits per heavy atom. The third-order valence-corrected chi connectivity index (χ3v) is 6.38. The monoisotopic (exact) mass is 425 g/mol. The van der Waals surface area contributed by atoms with Gasteiger partial charge in [0, 0.05) is 29.4 Å². The molecule has 4 aromatic rings. The molecule has 4 rings (SSSR count). The summed E-state index contributed by atoms with van der Waals surface area (Å²) in [6.07, 6.45) is 0. The van der Waals surface area contributed by atoms with Gasteiger partial charge in [-0.1, -0.05) is 41.3 Å². The van der Waals surface area contributed by atoms with E-state index in [0.29, 0.717) is 39.8 Å². The molecule has 2 heterocycles. The fourth-order valence-electron chi connectivity index (χ4n) is 3.09. The Morgan fingerprint density at radius 1 is 1.14 bits per heavy atom. The number of hydrogen-bond donors (Lipinski definition) is 0. The van der Waals surface area contributed by atoms with E-state index in [1.807, 2.05) is 54.8 Å². The van der Waals surface area contributed by atoms with Crippen LogP contribution in [0.1, 0.15) is 5.69 Å². The van der Waals surface area contributed by atoms with Crippen LogP contribution in [0.2, 0.25) is 0 Å². The number of thiazole rings is 1. The number of hydrogen-bond acceptors (Lipinski definition) is 6. The van der Waals surface area contributed by atoms with Crippen LogP contribution in [0.5, 0.6) is 5.75 Å². The molecule has 0 atom stereocenters. The van der Waals surface area contributed by atoms with Crippen molar-refractivity contribution >= 4 is 34.0 Å². The molecule has 0 amide bonds. The molecule has 29 heavy (non-hydrogen) atoms. The summed E-state index contributed by atoms with van der Waals surface area (Å²) in [5, 5.41) is 3.00. The Bertz CT molecular complexity index is 1290. The van der Waals surface area contributed by atoms with Gasteiger partial charge in [0.15, 0.2) is 5.16 Å². The van der Waals surface area contributed by atoms with Crippen LogP contribution >= 0.6 is 23.1 Å². The molecule has 0 aliphatic rings. The lowest BCUT2D eigenvalue weighted by Crippen LogP contribution is -2.22. The minimum atomic E-state index is -0.129. The van der Waals surface area contributed by atoms with Gasteiger partial charge in [-0.05, 0) is 31.2 Å². The maximum absolute atomic E-state index is 13.3. The summed E-state index contributed by atoms with van der Waals surface area (Å²) in [5.74, 6) is 1.28. The lowest BCUT2D eigenvalue weighted by molar-refractivity contribution is 0.414. The van der Waals surface area contributed by atoms with E-state index in [-0.39, 0.29) is 10.4 Å². The molecule has 0 spiro atoms. The molecule has 148 valence electrons. The number of methoxy groups -OCH3 is 1. The molecule has 0 saturated carbocycles. The highest BCUT2D eigenvalue weighted by atomic mass is 32.2. The molecule has 6 nitrogen and oxygen atoms in total. The molecule has 2 aromatic carbocycles. The van der Waals surface area contributed by atoms with Crippen molar-refractivity contribution in [3.8, 4) is 11.4 Å². The number of nitrogens with zero attached hydrogens (tertiary/aromatic N) is 3. The van der Waals surface area contributed by atoms with Crippen molar-refractivity contribution < 1.29 is 4.74 Å². The van der Waals surface area contributed by atoms with E-state index in [1.165, 1.54) is 23.1 Å². The fraction of sp³-hybridized carbons (Fsp3) is 0.190. The first kappa shape index (κ1) is 19.5. The highest BCUT2D eigenvalue weighted by Crippen LogP contribution is 2.23. The van der Waals surface area contributed by atoms with Crippen LogP contribution in [-0.4, -0.2) is 27.0 Å². The van der Waals surface area contributed by atoms with Crippen molar-refractivity contribution in [1.29, 1.82) is 0 Å². The second-order valence-corrected chi connectivity index (χ2v) is 8.28. The van der Waals surface area contributed by atoms with Crippen LogP contribution in [0.25, 0.3) is 16.6 Å². The summed E-state index contributed by atoms with van der Waals surface area (Å²) in [6, 6.07) is 14.7. The standard InChI is InChI=1S/C21H19N3O3S2/c1-14-13-29-21(26)23(14)10-11-28-20-22-18-9-4-3-8-17(18)19(25)24(20)15-6-5-7-16(12-15)27-2/h3-9,12-13H,10-11H2,1-2H3. The number of ether oxygens (including phenoxy) is 1. The van der Waals surface area contributed by atoms with Gasteiger partial charge in [0.2, 0.25) is 0 Å². The van der Waals surface area contributed by atoms with E-state index in [1.54, 1.807) is 22.3 Å². The first-order chi connectivity index (χ1) is 14.1. The number of aryl methyl sites for hydroxylation is 1. The van der Waals surface area contributed by atoms with E-state index in [9.17, 15) is 9.59 Å². The van der Waals surface area contributed by atoms with Crippen molar-refractivity contribution in [1.82, 2.24) is 14.1 Å². The predicted octanol–water partition coefficient (Wildman–Crippen LogP) is 3.72. The average molecular weight is 426 g/mol. The van der Waals surface area contributed by atoms with Crippen molar-refractivity contribution in [3.63, 3.8) is 0 Å². The molecule has 0 unspecified atom stereocenters. The predicted molar refractivity (Wildman–Crippen MR) is 118 cm³/mol. The number of benzene rings is 2. The van der Waals surface area contributed by atoms with Crippen LogP contribution in [0.3, 0.4) is 0 Å². The van der Waals surface area contributed by atoms with E-state index in [0.717, 1.165) is 5.69 Å². The van der Waals surface area contributed by atoms with Gasteiger partial charge in [-0.2, -0.15) is 0 Å². The largest absolute Gasteiger partial charge is 0.497 e. The van der Waals surface area contributed by atoms with Gasteiger partial charge in [-0.3, -0.25) is 14.2 Å². The van der Waals surface area contributed by atoms with Gasteiger partial charge in [0.25, 0.3) is 5.56 Å². The molecule has 0 aliphatic heterocycles. The second kappa shape index (κ2) is 8.26. The molecule has 0 bridgehead atoms. The summed E-state index contributed by atoms with van der Waals surface area (Å²) < 4.78 is 8.67. The summed E-state index contributed by atoms with van der Waals surface area (Å²) in [4.78, 5) is 30.0. The Labute approximate surface area is 175 Å². The molecule has 0 fully saturated rings. The zero-order chi connectivity index (χ0) is 20.4. The highest BCUT2D eigenvalue weighted by molar-refractivity contribution is 7.99. The van der Waals surface area contributed by atoms with Gasteiger partial charge in [0.05, 0.1) is 23.7 Å². The van der Waals surface area contributed by atoms with E-state index < -0.39 is 0 Å². The number of thioether (sulfide) groups is 1. The molecule has 2 aromatic heterocycles. The lowest BCUT2D eigenvalue weighted by atomic mass is 10.2. The maximum Gasteiger partial charge on any atom is 0.307 e. The van der Waals surface area contributed by atoms with Crippen LogP contribution < -0.4 is 15.2 Å². The van der Waals surface area contributed by atoms with Crippen molar-refractivity contribution in [3.05, 3.63) is 79.6 Å². The van der Waals surface area contributed by atoms with Crippen molar-refractivity contribution in [2.45, 2.75) is 18.6 Å². The Morgan fingerprint density at radius 3 is 2.72 bits per heavy atom. The van der Waals surface area contributed by atoms with Crippen molar-refractivity contribution in [2.24, 2.45) is 0 Å². The summed E-state index contributed by atoms with van der Waals surface area (Å²) in [7, 11) is 1.59. The third kappa shape index (κ3) is 3.86. The van der Waals surface area contributed by atoms with Gasteiger partial charge < -0.3 is 9.30 Å². The molecular weight excluding hydrogens is 406 g/mol. The Hall–Kier alpha value is -2.84. The summed E-state index contributed by atoms with van der Waals surface area (Å²) in [6.45, 7) is 2.47. The van der Waals surface area contributed by atoms with Gasteiger partial charge in [-0.25, -0.2) is 4.98 Å². The van der Waals surface area contributed by atoms with Gasteiger partial charge in [0.1, 0.15) is 5.75 Å². The molecule has 0 N–H and O–H groups in total. The fourth-order valence-corrected chi connectivity index (χ4v) is 4.79. The van der Waals surface area contributed by atoms with Gasteiger partial charge >= 0.3 is 4.87 Å². The lowest BCUT2D eigenvalue weighted by Gasteiger charge is -2.14. The Balaban J connectivity index is 1.77. The molecular formula is C21H19N3O3S2. The van der Waals surface area contributed by atoms with E-state index in [4.69, 9.17) is 9.72 Å². The van der Waals surface area contributed by atoms with Crippen LogP contribution in [0.15, 0.2) is 68.7 Å². The molecule has 0 radical (unpaired) electrons. The van der Waals surface area contributed by atoms with Gasteiger partial charge in [-0.15, -0.1) is 0 Å². The number of para-hydroxylation sites is 1. The molecule has 0 aliphatic carbocycles. The van der Waals surface area contributed by atoms with Crippen molar-refractivity contribution in [2.75, 3.05) is 12.9 Å². The Kier molecular flexibility index (Phi) is 5.55. The summed E-state index contributed by atoms with van der Waals surface area (Å²) in [5.41, 5.74) is 2.16. The second-order valence-electron chi connectivity index (χ2n) is 6.40. The summed E-state index contributed by atoms with van der Waals surface area (Å²) >= 11 is 2.66. The molecule has 0 saturated heterocycles. The highest BCUT2D eigenvalue weighted by Gasteiger charge is 2.14. The maximum atomic E-state index is 13.3. The van der Waals surface area contributed by atoms with Crippen LogP contribution in [-0.2, 0) is 6.54 Å². The topological polar surface area (TPSA) is 66.1 Å². The zero-order valence-corrected chi connectivity index (χ0v) is 17.6. The molecule has 8 heteroatoms. The first-order valence-electron chi connectivity index (χ1n) is 9.02. The SMILES string of the molecule is COc1cccc(-n2c(SCCn3c(C)csc3=O)nc3ccccc3c2=O)c1. The van der Waals surface area contributed by atoms with Crippen LogP contribution in [0, 0.1) is 6.92 Å². The first-order valence-corrected chi connectivity index (χ1v) is 10.9. The normalized spacial score (nSPS) is 11.1. The number of aromatic nitrogens is 3.